The number of benzene rings is 1. The molecule has 3 nitrogen and oxygen atoms in total. The van der Waals surface area contributed by atoms with Crippen molar-refractivity contribution in [3.63, 3.8) is 0 Å². The third-order valence-electron chi connectivity index (χ3n) is 3.96. The summed E-state index contributed by atoms with van der Waals surface area (Å²) < 4.78 is 0. The molecule has 1 saturated carbocycles. The molecule has 1 fully saturated rings. The van der Waals surface area contributed by atoms with Crippen LogP contribution >= 0.6 is 0 Å². The smallest absolute Gasteiger partial charge is 0.130 e. The Kier molecular flexibility index (Phi) is 4.20. The highest BCUT2D eigenvalue weighted by Gasteiger charge is 2.29. The van der Waals surface area contributed by atoms with Gasteiger partial charge in [0.1, 0.15) is 5.82 Å². The van der Waals surface area contributed by atoms with Gasteiger partial charge in [-0.2, -0.15) is 0 Å². The Morgan fingerprint density at radius 2 is 2.19 bits per heavy atom. The average Bonchev–Trinajstić information content (AvgIpc) is 3.34. The maximum absolute atomic E-state index is 4.87. The van der Waals surface area contributed by atoms with Crippen molar-refractivity contribution in [2.45, 2.75) is 32.4 Å². The molecule has 0 spiro atoms. The highest BCUT2D eigenvalue weighted by atomic mass is 15.2. The van der Waals surface area contributed by atoms with E-state index in [0.29, 0.717) is 6.04 Å². The molecule has 1 N–H and O–H groups in total. The molecule has 0 saturated heterocycles. The van der Waals surface area contributed by atoms with Gasteiger partial charge >= 0.3 is 0 Å². The molecule has 1 aliphatic rings. The van der Waals surface area contributed by atoms with Crippen LogP contribution in [0.2, 0.25) is 0 Å². The van der Waals surface area contributed by atoms with E-state index < -0.39 is 0 Å². The van der Waals surface area contributed by atoms with Gasteiger partial charge in [-0.15, -0.1) is 6.58 Å². The second kappa shape index (κ2) is 6.27. The lowest BCUT2D eigenvalue weighted by Gasteiger charge is -2.23. The van der Waals surface area contributed by atoms with Crippen molar-refractivity contribution >= 4 is 16.7 Å². The highest BCUT2D eigenvalue weighted by molar-refractivity contribution is 5.84. The molecule has 0 bridgehead atoms. The third kappa shape index (κ3) is 3.08. The molecule has 3 heteroatoms. The molecule has 0 radical (unpaired) electrons. The van der Waals surface area contributed by atoms with Crippen molar-refractivity contribution in [1.82, 2.24) is 10.3 Å². The Morgan fingerprint density at radius 3 is 2.90 bits per heavy atom. The van der Waals surface area contributed by atoms with Gasteiger partial charge in [-0.25, -0.2) is 4.98 Å². The summed E-state index contributed by atoms with van der Waals surface area (Å²) in [5.74, 6) is 1.09. The molecular weight excluding hydrogens is 258 g/mol. The summed E-state index contributed by atoms with van der Waals surface area (Å²) in [5.41, 5.74) is 2.41. The molecule has 110 valence electrons. The Hall–Kier alpha value is -1.87. The van der Waals surface area contributed by atoms with Crippen molar-refractivity contribution < 1.29 is 0 Å². The number of aromatic nitrogens is 1. The van der Waals surface area contributed by atoms with Gasteiger partial charge in [0.2, 0.25) is 0 Å². The van der Waals surface area contributed by atoms with Crippen LogP contribution in [-0.2, 0) is 6.54 Å². The SMILES string of the molecule is C=CCN(c1cc(CNCC)c2ccccc2n1)C1CC1. The van der Waals surface area contributed by atoms with Crippen LogP contribution in [0.4, 0.5) is 5.82 Å². The second-order valence-corrected chi connectivity index (χ2v) is 5.61. The van der Waals surface area contributed by atoms with Gasteiger partial charge in [0.15, 0.2) is 0 Å². The summed E-state index contributed by atoms with van der Waals surface area (Å²) in [6.07, 6.45) is 4.51. The molecule has 0 amide bonds. The van der Waals surface area contributed by atoms with E-state index in [1.165, 1.54) is 23.8 Å². The summed E-state index contributed by atoms with van der Waals surface area (Å²) in [6.45, 7) is 8.76. The first-order valence-corrected chi connectivity index (χ1v) is 7.80. The first-order chi connectivity index (χ1) is 10.3. The van der Waals surface area contributed by atoms with E-state index in [2.05, 4.69) is 54.1 Å². The van der Waals surface area contributed by atoms with Gasteiger partial charge in [0, 0.05) is 24.5 Å². The highest BCUT2D eigenvalue weighted by Crippen LogP contribution is 2.32. The summed E-state index contributed by atoms with van der Waals surface area (Å²) >= 11 is 0. The van der Waals surface area contributed by atoms with E-state index in [-0.39, 0.29) is 0 Å². The number of anilines is 1. The van der Waals surface area contributed by atoms with Gasteiger partial charge in [-0.1, -0.05) is 31.2 Å². The van der Waals surface area contributed by atoms with Gasteiger partial charge < -0.3 is 10.2 Å². The molecule has 0 atom stereocenters. The normalized spacial score (nSPS) is 14.3. The molecule has 0 aliphatic heterocycles. The zero-order chi connectivity index (χ0) is 14.7. The van der Waals surface area contributed by atoms with Crippen LogP contribution in [-0.4, -0.2) is 24.1 Å². The average molecular weight is 281 g/mol. The van der Waals surface area contributed by atoms with E-state index in [4.69, 9.17) is 4.98 Å². The van der Waals surface area contributed by atoms with Crippen molar-refractivity contribution in [1.29, 1.82) is 0 Å². The summed E-state index contributed by atoms with van der Waals surface area (Å²) in [4.78, 5) is 7.26. The molecule has 21 heavy (non-hydrogen) atoms. The Bertz CT molecular complexity index is 631. The van der Waals surface area contributed by atoms with Crippen LogP contribution in [0.1, 0.15) is 25.3 Å². The lowest BCUT2D eigenvalue weighted by atomic mass is 10.1. The lowest BCUT2D eigenvalue weighted by molar-refractivity contribution is 0.728. The standard InChI is InChI=1S/C18H23N3/c1-3-11-21(15-9-10-15)18-12-14(13-19-4-2)16-7-5-6-8-17(16)20-18/h3,5-8,12,15,19H,1,4,9-11,13H2,2H3. The fourth-order valence-electron chi connectivity index (χ4n) is 2.74. The molecule has 2 aromatic rings. The summed E-state index contributed by atoms with van der Waals surface area (Å²) in [7, 11) is 0. The largest absolute Gasteiger partial charge is 0.350 e. The van der Waals surface area contributed by atoms with E-state index in [1.807, 2.05) is 6.08 Å². The van der Waals surface area contributed by atoms with Gasteiger partial charge in [0.05, 0.1) is 5.52 Å². The maximum Gasteiger partial charge on any atom is 0.130 e. The summed E-state index contributed by atoms with van der Waals surface area (Å²) in [6, 6.07) is 11.3. The van der Waals surface area contributed by atoms with Crippen molar-refractivity contribution in [3.8, 4) is 0 Å². The van der Waals surface area contributed by atoms with Gasteiger partial charge in [-0.3, -0.25) is 0 Å². The van der Waals surface area contributed by atoms with E-state index in [1.54, 1.807) is 0 Å². The zero-order valence-electron chi connectivity index (χ0n) is 12.7. The number of pyridine rings is 1. The van der Waals surface area contributed by atoms with Gasteiger partial charge in [0.25, 0.3) is 0 Å². The van der Waals surface area contributed by atoms with Crippen LogP contribution in [0.5, 0.6) is 0 Å². The monoisotopic (exact) mass is 281 g/mol. The maximum atomic E-state index is 4.87. The molecule has 1 aromatic heterocycles. The number of hydrogen-bond acceptors (Lipinski definition) is 3. The molecular formula is C18H23N3. The number of nitrogens with one attached hydrogen (secondary N) is 1. The van der Waals surface area contributed by atoms with Crippen molar-refractivity contribution in [2.24, 2.45) is 0 Å². The first kappa shape index (κ1) is 14.1. The van der Waals surface area contributed by atoms with Crippen LogP contribution in [0.15, 0.2) is 43.0 Å². The van der Waals surface area contributed by atoms with Crippen molar-refractivity contribution in [3.05, 3.63) is 48.6 Å². The number of hydrogen-bond donors (Lipinski definition) is 1. The number of fused-ring (bicyclic) bond motifs is 1. The Labute approximate surface area is 126 Å². The van der Waals surface area contributed by atoms with Crippen LogP contribution in [0.3, 0.4) is 0 Å². The topological polar surface area (TPSA) is 28.2 Å². The quantitative estimate of drug-likeness (QED) is 0.787. The van der Waals surface area contributed by atoms with E-state index in [0.717, 1.165) is 31.0 Å². The summed E-state index contributed by atoms with van der Waals surface area (Å²) in [5, 5.41) is 4.68. The zero-order valence-corrected chi connectivity index (χ0v) is 12.7. The van der Waals surface area contributed by atoms with Crippen molar-refractivity contribution in [2.75, 3.05) is 18.0 Å². The number of rotatable bonds is 7. The molecule has 1 heterocycles. The molecule has 1 aromatic carbocycles. The van der Waals surface area contributed by atoms with E-state index >= 15 is 0 Å². The third-order valence-corrected chi connectivity index (χ3v) is 3.96. The minimum atomic E-state index is 0.642. The van der Waals surface area contributed by atoms with Crippen LogP contribution in [0, 0.1) is 0 Å². The Balaban J connectivity index is 2.03. The predicted octanol–water partition coefficient (Wildman–Crippen LogP) is 3.50. The number of para-hydroxylation sites is 1. The first-order valence-electron chi connectivity index (χ1n) is 7.80. The molecule has 0 unspecified atom stereocenters. The fourth-order valence-corrected chi connectivity index (χ4v) is 2.74. The minimum absolute atomic E-state index is 0.642. The minimum Gasteiger partial charge on any atom is -0.350 e. The number of nitrogens with zero attached hydrogens (tertiary/aromatic N) is 2. The van der Waals surface area contributed by atoms with Gasteiger partial charge in [-0.05, 0) is 37.1 Å². The fraction of sp³-hybridized carbons (Fsp3) is 0.389. The van der Waals surface area contributed by atoms with Crippen LogP contribution < -0.4 is 10.2 Å². The van der Waals surface area contributed by atoms with Crippen LogP contribution in [0.25, 0.3) is 10.9 Å². The lowest BCUT2D eigenvalue weighted by Crippen LogP contribution is -2.27. The Morgan fingerprint density at radius 1 is 1.38 bits per heavy atom. The molecule has 3 rings (SSSR count). The molecule has 1 aliphatic carbocycles. The van der Waals surface area contributed by atoms with E-state index in [9.17, 15) is 0 Å². The second-order valence-electron chi connectivity index (χ2n) is 5.61. The predicted molar refractivity (Wildman–Crippen MR) is 89.7 cm³/mol.